The number of alkyl carbamates (subject to hydrolysis) is 1. The Morgan fingerprint density at radius 3 is 2.40 bits per heavy atom. The van der Waals surface area contributed by atoms with Gasteiger partial charge in [0.1, 0.15) is 0 Å². The number of esters is 1. The van der Waals surface area contributed by atoms with Crippen LogP contribution in [0.3, 0.4) is 0 Å². The van der Waals surface area contributed by atoms with E-state index in [1.807, 2.05) is 5.32 Å². The molecular formula is C12H11Cl2NO5. The van der Waals surface area contributed by atoms with E-state index in [0.29, 0.717) is 5.02 Å². The van der Waals surface area contributed by atoms with Gasteiger partial charge >= 0.3 is 12.1 Å². The molecule has 1 aromatic carbocycles. The van der Waals surface area contributed by atoms with Crippen molar-refractivity contribution < 1.29 is 23.9 Å². The van der Waals surface area contributed by atoms with Crippen molar-refractivity contribution in [3.63, 3.8) is 0 Å². The summed E-state index contributed by atoms with van der Waals surface area (Å²) in [7, 11) is 1.11. The van der Waals surface area contributed by atoms with Gasteiger partial charge in [-0.05, 0) is 25.1 Å². The number of rotatable bonds is 3. The van der Waals surface area contributed by atoms with Crippen LogP contribution in [0.2, 0.25) is 10.0 Å². The minimum atomic E-state index is -1.17. The molecule has 0 spiro atoms. The van der Waals surface area contributed by atoms with Gasteiger partial charge in [0, 0.05) is 0 Å². The van der Waals surface area contributed by atoms with Crippen molar-refractivity contribution in [3.05, 3.63) is 33.8 Å². The third-order valence-electron chi connectivity index (χ3n) is 2.22. The second-order valence-electron chi connectivity index (χ2n) is 3.66. The number of ether oxygens (including phenoxy) is 2. The third-order valence-corrected chi connectivity index (χ3v) is 2.96. The fourth-order valence-electron chi connectivity index (χ4n) is 1.16. The number of halogens is 2. The zero-order chi connectivity index (χ0) is 15.3. The van der Waals surface area contributed by atoms with Crippen LogP contribution in [0.25, 0.3) is 0 Å². The van der Waals surface area contributed by atoms with E-state index in [0.717, 1.165) is 7.11 Å². The number of imide groups is 1. The summed E-state index contributed by atoms with van der Waals surface area (Å²) in [5.74, 6) is -1.57. The normalized spacial score (nSPS) is 11.4. The van der Waals surface area contributed by atoms with Crippen LogP contribution in [-0.4, -0.2) is 31.2 Å². The SMILES string of the molecule is COC(=O)NC(=O)[C@@H](C)OC(=O)c1ccc(Cl)c(Cl)c1. The van der Waals surface area contributed by atoms with Gasteiger partial charge in [-0.1, -0.05) is 23.2 Å². The maximum atomic E-state index is 11.8. The largest absolute Gasteiger partial charge is 0.453 e. The minimum absolute atomic E-state index is 0.136. The molecule has 0 saturated carbocycles. The quantitative estimate of drug-likeness (QED) is 0.865. The van der Waals surface area contributed by atoms with Gasteiger partial charge in [-0.25, -0.2) is 9.59 Å². The number of carbonyl (C=O) groups is 3. The lowest BCUT2D eigenvalue weighted by atomic mass is 10.2. The predicted molar refractivity (Wildman–Crippen MR) is 71.9 cm³/mol. The van der Waals surface area contributed by atoms with E-state index in [1.165, 1.54) is 25.1 Å². The van der Waals surface area contributed by atoms with Crippen LogP contribution in [0.5, 0.6) is 0 Å². The first-order valence-corrected chi connectivity index (χ1v) is 6.15. The molecular weight excluding hydrogens is 309 g/mol. The molecule has 1 atom stereocenters. The summed E-state index contributed by atoms with van der Waals surface area (Å²) < 4.78 is 9.12. The van der Waals surface area contributed by atoms with Crippen molar-refractivity contribution in [1.82, 2.24) is 5.32 Å². The van der Waals surface area contributed by atoms with Crippen LogP contribution in [-0.2, 0) is 14.3 Å². The molecule has 0 radical (unpaired) electrons. The third kappa shape index (κ3) is 4.40. The standard InChI is InChI=1S/C12H11Cl2NO5/c1-6(10(16)15-12(18)19-2)20-11(17)7-3-4-8(13)9(14)5-7/h3-6H,1-2H3,(H,15,16,18)/t6-/m1/s1. The lowest BCUT2D eigenvalue weighted by molar-refractivity contribution is -0.128. The zero-order valence-corrected chi connectivity index (χ0v) is 12.1. The van der Waals surface area contributed by atoms with Crippen LogP contribution >= 0.6 is 23.2 Å². The van der Waals surface area contributed by atoms with E-state index in [-0.39, 0.29) is 10.6 Å². The van der Waals surface area contributed by atoms with Gasteiger partial charge in [0.05, 0.1) is 22.7 Å². The van der Waals surface area contributed by atoms with Crippen LogP contribution < -0.4 is 5.32 Å². The smallest absolute Gasteiger partial charge is 0.413 e. The molecule has 0 saturated heterocycles. The summed E-state index contributed by atoms with van der Waals surface area (Å²) in [5, 5.41) is 2.36. The van der Waals surface area contributed by atoms with Gasteiger partial charge in [-0.15, -0.1) is 0 Å². The predicted octanol–water partition coefficient (Wildman–Crippen LogP) is 2.42. The Hall–Kier alpha value is -1.79. The topological polar surface area (TPSA) is 81.7 Å². The molecule has 20 heavy (non-hydrogen) atoms. The summed E-state index contributed by atoms with van der Waals surface area (Å²) >= 11 is 11.5. The van der Waals surface area contributed by atoms with E-state index in [1.54, 1.807) is 0 Å². The maximum absolute atomic E-state index is 11.8. The molecule has 0 fully saturated rings. The first-order valence-electron chi connectivity index (χ1n) is 5.40. The Labute approximate surface area is 124 Å². The minimum Gasteiger partial charge on any atom is -0.453 e. The number of carbonyl (C=O) groups excluding carboxylic acids is 3. The molecule has 0 heterocycles. The molecule has 6 nitrogen and oxygen atoms in total. The fraction of sp³-hybridized carbons (Fsp3) is 0.250. The van der Waals surface area contributed by atoms with Gasteiger partial charge in [0.15, 0.2) is 6.10 Å². The molecule has 1 rings (SSSR count). The lowest BCUT2D eigenvalue weighted by Crippen LogP contribution is -2.39. The Morgan fingerprint density at radius 2 is 1.85 bits per heavy atom. The molecule has 0 unspecified atom stereocenters. The Morgan fingerprint density at radius 1 is 1.20 bits per heavy atom. The number of benzene rings is 1. The molecule has 0 bridgehead atoms. The Kier molecular flexibility index (Phi) is 5.79. The number of nitrogens with one attached hydrogen (secondary N) is 1. The van der Waals surface area contributed by atoms with E-state index < -0.39 is 24.1 Å². The monoisotopic (exact) mass is 319 g/mol. The van der Waals surface area contributed by atoms with E-state index in [4.69, 9.17) is 27.9 Å². The summed E-state index contributed by atoms with van der Waals surface area (Å²) in [6, 6.07) is 4.15. The van der Waals surface area contributed by atoms with Crippen molar-refractivity contribution in [2.24, 2.45) is 0 Å². The number of amides is 2. The van der Waals surface area contributed by atoms with E-state index >= 15 is 0 Å². The van der Waals surface area contributed by atoms with Crippen LogP contribution in [0.4, 0.5) is 4.79 Å². The number of hydrogen-bond donors (Lipinski definition) is 1. The van der Waals surface area contributed by atoms with Crippen LogP contribution in [0.15, 0.2) is 18.2 Å². The van der Waals surface area contributed by atoms with Crippen molar-refractivity contribution in [2.45, 2.75) is 13.0 Å². The average Bonchev–Trinajstić information content (AvgIpc) is 2.41. The van der Waals surface area contributed by atoms with E-state index in [9.17, 15) is 14.4 Å². The molecule has 8 heteroatoms. The van der Waals surface area contributed by atoms with Gasteiger partial charge in [0.2, 0.25) is 0 Å². The van der Waals surface area contributed by atoms with Gasteiger partial charge in [-0.2, -0.15) is 0 Å². The molecule has 0 aromatic heterocycles. The molecule has 0 aliphatic rings. The highest BCUT2D eigenvalue weighted by atomic mass is 35.5. The molecule has 1 N–H and O–H groups in total. The van der Waals surface area contributed by atoms with E-state index in [2.05, 4.69) is 4.74 Å². The summed E-state index contributed by atoms with van der Waals surface area (Å²) in [5.41, 5.74) is 0.136. The first kappa shape index (κ1) is 16.3. The second kappa shape index (κ2) is 7.12. The maximum Gasteiger partial charge on any atom is 0.413 e. The van der Waals surface area contributed by atoms with Gasteiger partial charge in [-0.3, -0.25) is 10.1 Å². The van der Waals surface area contributed by atoms with Gasteiger partial charge in [0.25, 0.3) is 5.91 Å². The molecule has 0 aliphatic heterocycles. The van der Waals surface area contributed by atoms with Crippen molar-refractivity contribution in [2.75, 3.05) is 7.11 Å². The Bertz CT molecular complexity index is 547. The summed E-state index contributed by atoms with van der Waals surface area (Å²) in [4.78, 5) is 34.1. The first-order chi connectivity index (χ1) is 9.35. The lowest BCUT2D eigenvalue weighted by Gasteiger charge is -2.12. The summed E-state index contributed by atoms with van der Waals surface area (Å²) in [6.45, 7) is 1.31. The molecule has 1 aromatic rings. The highest BCUT2D eigenvalue weighted by Crippen LogP contribution is 2.23. The van der Waals surface area contributed by atoms with Crippen molar-refractivity contribution in [1.29, 1.82) is 0 Å². The molecule has 108 valence electrons. The molecule has 0 aliphatic carbocycles. The average molecular weight is 320 g/mol. The van der Waals surface area contributed by atoms with Crippen molar-refractivity contribution >= 4 is 41.2 Å². The molecule has 2 amide bonds. The fourth-order valence-corrected chi connectivity index (χ4v) is 1.46. The summed E-state index contributed by atoms with van der Waals surface area (Å²) in [6.07, 6.45) is -2.11. The highest BCUT2D eigenvalue weighted by Gasteiger charge is 2.21. The van der Waals surface area contributed by atoms with Crippen LogP contribution in [0.1, 0.15) is 17.3 Å². The second-order valence-corrected chi connectivity index (χ2v) is 4.47. The van der Waals surface area contributed by atoms with Crippen molar-refractivity contribution in [3.8, 4) is 0 Å². The highest BCUT2D eigenvalue weighted by molar-refractivity contribution is 6.42. The number of methoxy groups -OCH3 is 1. The van der Waals surface area contributed by atoms with Crippen LogP contribution in [0, 0.1) is 0 Å². The zero-order valence-electron chi connectivity index (χ0n) is 10.6. The number of hydrogen-bond acceptors (Lipinski definition) is 5. The Balaban J connectivity index is 2.67. The van der Waals surface area contributed by atoms with Gasteiger partial charge < -0.3 is 9.47 Å².